The predicted molar refractivity (Wildman–Crippen MR) is 62.5 cm³/mol. The molecule has 0 spiro atoms. The van der Waals surface area contributed by atoms with Crippen LogP contribution in [-0.4, -0.2) is 29.1 Å². The second-order valence-electron chi connectivity index (χ2n) is 3.40. The maximum atomic E-state index is 6.05. The van der Waals surface area contributed by atoms with Crippen molar-refractivity contribution in [3.8, 4) is 0 Å². The lowest BCUT2D eigenvalue weighted by Gasteiger charge is -2.23. The van der Waals surface area contributed by atoms with E-state index in [-0.39, 0.29) is 0 Å². The first-order valence-electron chi connectivity index (χ1n) is 4.62. The maximum absolute atomic E-state index is 6.05. The molecule has 3 nitrogen and oxygen atoms in total. The highest BCUT2D eigenvalue weighted by molar-refractivity contribution is 6.66. The van der Waals surface area contributed by atoms with E-state index in [0.29, 0.717) is 10.3 Å². The van der Waals surface area contributed by atoms with Gasteiger partial charge >= 0.3 is 0 Å². The fourth-order valence-corrected chi connectivity index (χ4v) is 2.23. The highest BCUT2D eigenvalue weighted by Crippen LogP contribution is 2.31. The number of hydrogen-bond donors (Lipinski definition) is 0. The Morgan fingerprint density at radius 1 is 1.27 bits per heavy atom. The summed E-state index contributed by atoms with van der Waals surface area (Å²) in [7, 11) is 0. The summed E-state index contributed by atoms with van der Waals surface area (Å²) in [4.78, 5) is 10.6. The summed E-state index contributed by atoms with van der Waals surface area (Å²) in [6.07, 6.45) is 0. The standard InChI is InChI=1S/C10H7Cl2N3/c11-6-1-2-8-7(5-6)9-13-3-4-15(9)10(12)14-8/h1-2,5H,3-4H2. The highest BCUT2D eigenvalue weighted by atomic mass is 35.5. The molecule has 0 radical (unpaired) electrons. The molecule has 0 fully saturated rings. The van der Waals surface area contributed by atoms with Gasteiger partial charge in [0.25, 0.3) is 0 Å². The van der Waals surface area contributed by atoms with Crippen molar-refractivity contribution in [1.82, 2.24) is 4.90 Å². The van der Waals surface area contributed by atoms with Crippen LogP contribution >= 0.6 is 23.2 Å². The van der Waals surface area contributed by atoms with E-state index in [9.17, 15) is 0 Å². The van der Waals surface area contributed by atoms with Crippen molar-refractivity contribution in [2.24, 2.45) is 9.98 Å². The Bertz CT molecular complexity index is 493. The number of fused-ring (bicyclic) bond motifs is 3. The van der Waals surface area contributed by atoms with Crippen molar-refractivity contribution in [1.29, 1.82) is 0 Å². The zero-order chi connectivity index (χ0) is 10.4. The van der Waals surface area contributed by atoms with Gasteiger partial charge < -0.3 is 0 Å². The Labute approximate surface area is 97.0 Å². The molecular formula is C10H7Cl2N3. The van der Waals surface area contributed by atoms with Crippen LogP contribution < -0.4 is 0 Å². The minimum absolute atomic E-state index is 0.487. The van der Waals surface area contributed by atoms with Gasteiger partial charge in [0.2, 0.25) is 5.29 Å². The second kappa shape index (κ2) is 3.22. The summed E-state index contributed by atoms with van der Waals surface area (Å²) >= 11 is 12.0. The van der Waals surface area contributed by atoms with Crippen LogP contribution in [0.3, 0.4) is 0 Å². The largest absolute Gasteiger partial charge is 0.299 e. The summed E-state index contributed by atoms with van der Waals surface area (Å²) in [5.41, 5.74) is 1.80. The molecule has 0 saturated carbocycles. The average Bonchev–Trinajstić information content (AvgIpc) is 2.69. The molecule has 0 aliphatic carbocycles. The first-order valence-corrected chi connectivity index (χ1v) is 5.37. The van der Waals surface area contributed by atoms with Gasteiger partial charge in [0.15, 0.2) is 0 Å². The van der Waals surface area contributed by atoms with Gasteiger partial charge in [-0.15, -0.1) is 0 Å². The van der Waals surface area contributed by atoms with Crippen LogP contribution in [0, 0.1) is 0 Å². The minimum Gasteiger partial charge on any atom is -0.299 e. The second-order valence-corrected chi connectivity index (χ2v) is 4.17. The summed E-state index contributed by atoms with van der Waals surface area (Å²) in [6.45, 7) is 1.55. The molecule has 76 valence electrons. The lowest BCUT2D eigenvalue weighted by molar-refractivity contribution is 0.673. The van der Waals surface area contributed by atoms with E-state index < -0.39 is 0 Å². The zero-order valence-electron chi connectivity index (χ0n) is 7.74. The Hall–Kier alpha value is -1.06. The van der Waals surface area contributed by atoms with E-state index in [1.54, 1.807) is 6.07 Å². The number of hydrogen-bond acceptors (Lipinski definition) is 3. The molecule has 5 heteroatoms. The van der Waals surface area contributed by atoms with Crippen LogP contribution in [0.5, 0.6) is 0 Å². The topological polar surface area (TPSA) is 28.0 Å². The van der Waals surface area contributed by atoms with E-state index in [1.165, 1.54) is 0 Å². The number of rotatable bonds is 0. The predicted octanol–water partition coefficient (Wildman–Crippen LogP) is 2.64. The van der Waals surface area contributed by atoms with E-state index in [0.717, 1.165) is 30.2 Å². The molecule has 1 aromatic carbocycles. The summed E-state index contributed by atoms with van der Waals surface area (Å²) in [5.74, 6) is 0.882. The van der Waals surface area contributed by atoms with Crippen LogP contribution in [-0.2, 0) is 0 Å². The van der Waals surface area contributed by atoms with Crippen molar-refractivity contribution in [3.05, 3.63) is 28.8 Å². The number of halogens is 2. The Morgan fingerprint density at radius 3 is 3.00 bits per heavy atom. The van der Waals surface area contributed by atoms with E-state index >= 15 is 0 Å². The molecule has 0 aromatic heterocycles. The number of aliphatic imine (C=N–C) groups is 2. The van der Waals surface area contributed by atoms with Crippen molar-refractivity contribution in [3.63, 3.8) is 0 Å². The molecule has 0 N–H and O–H groups in total. The lowest BCUT2D eigenvalue weighted by Crippen LogP contribution is -2.34. The fraction of sp³-hybridized carbons (Fsp3) is 0.200. The molecule has 0 unspecified atom stereocenters. The third kappa shape index (κ3) is 1.34. The van der Waals surface area contributed by atoms with E-state index in [4.69, 9.17) is 23.2 Å². The van der Waals surface area contributed by atoms with Crippen molar-refractivity contribution < 1.29 is 0 Å². The summed E-state index contributed by atoms with van der Waals surface area (Å²) < 4.78 is 0. The van der Waals surface area contributed by atoms with Crippen LogP contribution in [0.25, 0.3) is 0 Å². The normalized spacial score (nSPS) is 18.1. The van der Waals surface area contributed by atoms with Crippen LogP contribution in [0.4, 0.5) is 5.69 Å². The van der Waals surface area contributed by atoms with Crippen molar-refractivity contribution in [2.75, 3.05) is 13.1 Å². The van der Waals surface area contributed by atoms with Crippen molar-refractivity contribution in [2.45, 2.75) is 0 Å². The lowest BCUT2D eigenvalue weighted by atomic mass is 10.1. The summed E-state index contributed by atoms with van der Waals surface area (Å²) in [6, 6.07) is 5.54. The van der Waals surface area contributed by atoms with Gasteiger partial charge in [0, 0.05) is 17.1 Å². The van der Waals surface area contributed by atoms with E-state index in [1.807, 2.05) is 17.0 Å². The van der Waals surface area contributed by atoms with Crippen LogP contribution in [0.2, 0.25) is 5.02 Å². The number of amidine groups is 2. The molecule has 0 saturated heterocycles. The van der Waals surface area contributed by atoms with Gasteiger partial charge in [-0.3, -0.25) is 9.89 Å². The first-order chi connectivity index (χ1) is 7.25. The Balaban J connectivity index is 2.25. The first kappa shape index (κ1) is 9.19. The molecule has 0 bridgehead atoms. The molecule has 15 heavy (non-hydrogen) atoms. The number of benzene rings is 1. The van der Waals surface area contributed by atoms with Gasteiger partial charge in [-0.05, 0) is 29.8 Å². The third-order valence-corrected chi connectivity index (χ3v) is 3.00. The van der Waals surface area contributed by atoms with E-state index in [2.05, 4.69) is 9.98 Å². The molecular weight excluding hydrogens is 233 g/mol. The van der Waals surface area contributed by atoms with Crippen molar-refractivity contribution >= 4 is 40.0 Å². The van der Waals surface area contributed by atoms with Crippen LogP contribution in [0.1, 0.15) is 5.56 Å². The fourth-order valence-electron chi connectivity index (χ4n) is 1.80. The Morgan fingerprint density at radius 2 is 2.13 bits per heavy atom. The molecule has 0 amide bonds. The summed E-state index contributed by atoms with van der Waals surface area (Å²) in [5, 5.41) is 1.18. The molecule has 1 aromatic rings. The molecule has 2 heterocycles. The van der Waals surface area contributed by atoms with Gasteiger partial charge in [0.1, 0.15) is 5.84 Å². The van der Waals surface area contributed by atoms with Crippen LogP contribution in [0.15, 0.2) is 28.2 Å². The molecule has 2 aliphatic heterocycles. The molecule has 2 aliphatic rings. The van der Waals surface area contributed by atoms with Gasteiger partial charge in [0.05, 0.1) is 12.2 Å². The SMILES string of the molecule is ClC1=Nc2ccc(Cl)cc2C2=NCCN12. The molecule has 0 atom stereocenters. The number of nitrogens with zero attached hydrogens (tertiary/aromatic N) is 3. The van der Waals surface area contributed by atoms with Gasteiger partial charge in [-0.25, -0.2) is 4.99 Å². The molecule has 3 rings (SSSR count). The smallest absolute Gasteiger partial charge is 0.204 e. The minimum atomic E-state index is 0.487. The zero-order valence-corrected chi connectivity index (χ0v) is 9.26. The van der Waals surface area contributed by atoms with Gasteiger partial charge in [-0.2, -0.15) is 0 Å². The highest BCUT2D eigenvalue weighted by Gasteiger charge is 2.28. The monoisotopic (exact) mass is 239 g/mol. The quantitative estimate of drug-likeness (QED) is 0.640. The average molecular weight is 240 g/mol. The third-order valence-electron chi connectivity index (χ3n) is 2.48. The Kier molecular flexibility index (Phi) is 1.97. The maximum Gasteiger partial charge on any atom is 0.204 e. The van der Waals surface area contributed by atoms with Gasteiger partial charge in [-0.1, -0.05) is 11.6 Å².